The van der Waals surface area contributed by atoms with Gasteiger partial charge in [0.2, 0.25) is 0 Å². The van der Waals surface area contributed by atoms with Crippen LogP contribution in [0.1, 0.15) is 12.1 Å². The molecule has 0 unspecified atom stereocenters. The molecule has 2 nitrogen and oxygen atoms in total. The second-order valence-corrected chi connectivity index (χ2v) is 2.53. The smallest absolute Gasteiger partial charge is 0.0635 e. The fourth-order valence-corrected chi connectivity index (χ4v) is 1.28. The van der Waals surface area contributed by atoms with E-state index in [-0.39, 0.29) is 12.4 Å². The molecule has 1 aromatic rings. The van der Waals surface area contributed by atoms with Gasteiger partial charge in [0, 0.05) is 12.7 Å². The van der Waals surface area contributed by atoms with Gasteiger partial charge in [0.25, 0.3) is 0 Å². The standard InChI is InChI=1S/C8H10N2.ClH/c1-3-7-8(9-5-1)4-2-6-10-7;/h1,3,5,10H,2,4,6H2;1H. The molecule has 0 saturated carbocycles. The molecule has 0 amide bonds. The summed E-state index contributed by atoms with van der Waals surface area (Å²) >= 11 is 0. The molecule has 1 N–H and O–H groups in total. The first-order valence-electron chi connectivity index (χ1n) is 3.64. The molecule has 1 aliphatic rings. The Morgan fingerprint density at radius 2 is 2.36 bits per heavy atom. The summed E-state index contributed by atoms with van der Waals surface area (Å²) in [6, 6.07) is 4.05. The minimum absolute atomic E-state index is 0. The molecule has 0 spiro atoms. The van der Waals surface area contributed by atoms with Crippen LogP contribution < -0.4 is 5.32 Å². The van der Waals surface area contributed by atoms with E-state index in [1.54, 1.807) is 0 Å². The van der Waals surface area contributed by atoms with Crippen molar-refractivity contribution < 1.29 is 0 Å². The number of aryl methyl sites for hydroxylation is 1. The molecule has 2 heterocycles. The first kappa shape index (κ1) is 8.34. The van der Waals surface area contributed by atoms with Crippen molar-refractivity contribution in [1.82, 2.24) is 4.98 Å². The highest BCUT2D eigenvalue weighted by Gasteiger charge is 2.06. The lowest BCUT2D eigenvalue weighted by Gasteiger charge is -2.15. The van der Waals surface area contributed by atoms with E-state index in [2.05, 4.69) is 16.4 Å². The van der Waals surface area contributed by atoms with Crippen LogP contribution >= 0.6 is 12.4 Å². The van der Waals surface area contributed by atoms with Gasteiger partial charge in [-0.3, -0.25) is 4.98 Å². The van der Waals surface area contributed by atoms with E-state index < -0.39 is 0 Å². The summed E-state index contributed by atoms with van der Waals surface area (Å²) in [5.74, 6) is 0. The minimum Gasteiger partial charge on any atom is -0.384 e. The highest BCUT2D eigenvalue weighted by Crippen LogP contribution is 2.17. The maximum atomic E-state index is 4.26. The first-order valence-corrected chi connectivity index (χ1v) is 3.64. The maximum absolute atomic E-state index is 4.26. The van der Waals surface area contributed by atoms with Gasteiger partial charge < -0.3 is 5.32 Å². The molecular formula is C8H11ClN2. The highest BCUT2D eigenvalue weighted by molar-refractivity contribution is 5.85. The summed E-state index contributed by atoms with van der Waals surface area (Å²) in [6.45, 7) is 1.10. The molecule has 0 bridgehead atoms. The van der Waals surface area contributed by atoms with Crippen molar-refractivity contribution in [2.45, 2.75) is 12.8 Å². The molecular weight excluding hydrogens is 160 g/mol. The zero-order chi connectivity index (χ0) is 6.81. The van der Waals surface area contributed by atoms with Gasteiger partial charge in [-0.2, -0.15) is 0 Å². The number of aromatic nitrogens is 1. The van der Waals surface area contributed by atoms with Crippen LogP contribution in [0.2, 0.25) is 0 Å². The lowest BCUT2D eigenvalue weighted by Crippen LogP contribution is -2.12. The molecule has 60 valence electrons. The fraction of sp³-hybridized carbons (Fsp3) is 0.375. The van der Waals surface area contributed by atoms with E-state index in [9.17, 15) is 0 Å². The zero-order valence-corrected chi connectivity index (χ0v) is 7.03. The van der Waals surface area contributed by atoms with Gasteiger partial charge in [0.05, 0.1) is 11.4 Å². The van der Waals surface area contributed by atoms with Crippen molar-refractivity contribution in [3.8, 4) is 0 Å². The van der Waals surface area contributed by atoms with E-state index in [1.165, 1.54) is 17.8 Å². The molecule has 0 radical (unpaired) electrons. The molecule has 0 saturated heterocycles. The number of nitrogens with one attached hydrogen (secondary N) is 1. The first-order chi connectivity index (χ1) is 4.97. The molecule has 1 aromatic heterocycles. The van der Waals surface area contributed by atoms with Crippen molar-refractivity contribution in [2.24, 2.45) is 0 Å². The van der Waals surface area contributed by atoms with Crippen molar-refractivity contribution in [3.63, 3.8) is 0 Å². The van der Waals surface area contributed by atoms with Crippen LogP contribution in [0, 0.1) is 0 Å². The van der Waals surface area contributed by atoms with E-state index in [0.29, 0.717) is 0 Å². The Kier molecular flexibility index (Phi) is 2.71. The summed E-state index contributed by atoms with van der Waals surface area (Å²) in [5.41, 5.74) is 2.43. The molecule has 3 heteroatoms. The summed E-state index contributed by atoms with van der Waals surface area (Å²) in [5, 5.41) is 3.30. The van der Waals surface area contributed by atoms with Gasteiger partial charge in [0.15, 0.2) is 0 Å². The Bertz CT molecular complexity index is 212. The topological polar surface area (TPSA) is 24.9 Å². The Morgan fingerprint density at radius 3 is 3.18 bits per heavy atom. The number of halogens is 1. The number of fused-ring (bicyclic) bond motifs is 1. The molecule has 11 heavy (non-hydrogen) atoms. The average Bonchev–Trinajstić information content (AvgIpc) is 2.05. The Hall–Kier alpha value is -0.760. The SMILES string of the molecule is Cl.c1cnc2c(c1)NCCC2. The quantitative estimate of drug-likeness (QED) is 0.643. The molecule has 1 aliphatic heterocycles. The lowest BCUT2D eigenvalue weighted by molar-refractivity contribution is 0.802. The van der Waals surface area contributed by atoms with Crippen LogP contribution in [0.4, 0.5) is 5.69 Å². The van der Waals surface area contributed by atoms with Crippen LogP contribution in [-0.4, -0.2) is 11.5 Å². The normalized spacial score (nSPS) is 14.2. The highest BCUT2D eigenvalue weighted by atomic mass is 35.5. The third-order valence-electron chi connectivity index (χ3n) is 1.80. The van der Waals surface area contributed by atoms with Gasteiger partial charge in [-0.05, 0) is 25.0 Å². The number of hydrogen-bond acceptors (Lipinski definition) is 2. The van der Waals surface area contributed by atoms with Crippen LogP contribution in [0.3, 0.4) is 0 Å². The third kappa shape index (κ3) is 1.63. The molecule has 0 fully saturated rings. The number of rotatable bonds is 0. The summed E-state index contributed by atoms with van der Waals surface area (Å²) in [4.78, 5) is 4.26. The summed E-state index contributed by atoms with van der Waals surface area (Å²) < 4.78 is 0. The minimum atomic E-state index is 0. The Morgan fingerprint density at radius 1 is 1.45 bits per heavy atom. The predicted octanol–water partition coefficient (Wildman–Crippen LogP) is 1.86. The second-order valence-electron chi connectivity index (χ2n) is 2.53. The largest absolute Gasteiger partial charge is 0.384 e. The van der Waals surface area contributed by atoms with Gasteiger partial charge in [-0.15, -0.1) is 12.4 Å². The van der Waals surface area contributed by atoms with Crippen LogP contribution in [0.5, 0.6) is 0 Å². The van der Waals surface area contributed by atoms with Crippen LogP contribution in [0.15, 0.2) is 18.3 Å². The van der Waals surface area contributed by atoms with Gasteiger partial charge in [0.1, 0.15) is 0 Å². The maximum Gasteiger partial charge on any atom is 0.0635 e. The van der Waals surface area contributed by atoms with Gasteiger partial charge >= 0.3 is 0 Å². The van der Waals surface area contributed by atoms with Gasteiger partial charge in [-0.1, -0.05) is 0 Å². The van der Waals surface area contributed by atoms with E-state index >= 15 is 0 Å². The second kappa shape index (κ2) is 3.58. The zero-order valence-electron chi connectivity index (χ0n) is 6.21. The van der Waals surface area contributed by atoms with Crippen LogP contribution in [0.25, 0.3) is 0 Å². The summed E-state index contributed by atoms with van der Waals surface area (Å²) in [6.07, 6.45) is 4.19. The van der Waals surface area contributed by atoms with Crippen molar-refractivity contribution in [1.29, 1.82) is 0 Å². The summed E-state index contributed by atoms with van der Waals surface area (Å²) in [7, 11) is 0. The molecule has 0 aliphatic carbocycles. The third-order valence-corrected chi connectivity index (χ3v) is 1.80. The van der Waals surface area contributed by atoms with Crippen molar-refractivity contribution in [2.75, 3.05) is 11.9 Å². The van der Waals surface area contributed by atoms with E-state index in [1.807, 2.05) is 12.3 Å². The predicted molar refractivity (Wildman–Crippen MR) is 48.3 cm³/mol. The molecule has 2 rings (SSSR count). The Labute approximate surface area is 72.4 Å². The number of anilines is 1. The van der Waals surface area contributed by atoms with Crippen LogP contribution in [-0.2, 0) is 6.42 Å². The number of pyridine rings is 1. The fourth-order valence-electron chi connectivity index (χ4n) is 1.28. The number of nitrogens with zero attached hydrogens (tertiary/aromatic N) is 1. The molecule has 0 atom stereocenters. The monoisotopic (exact) mass is 170 g/mol. The van der Waals surface area contributed by atoms with E-state index in [0.717, 1.165) is 13.0 Å². The number of hydrogen-bond donors (Lipinski definition) is 1. The van der Waals surface area contributed by atoms with Crippen molar-refractivity contribution in [3.05, 3.63) is 24.0 Å². The van der Waals surface area contributed by atoms with Crippen molar-refractivity contribution >= 4 is 18.1 Å². The Balaban J connectivity index is 0.000000605. The van der Waals surface area contributed by atoms with E-state index in [4.69, 9.17) is 0 Å². The lowest BCUT2D eigenvalue weighted by atomic mass is 10.1. The molecule has 0 aromatic carbocycles. The average molecular weight is 171 g/mol. The van der Waals surface area contributed by atoms with Gasteiger partial charge in [-0.25, -0.2) is 0 Å².